The van der Waals surface area contributed by atoms with Crippen LogP contribution >= 0.6 is 0 Å². The molecular weight excluding hydrogens is 313 g/mol. The summed E-state index contributed by atoms with van der Waals surface area (Å²) in [6.07, 6.45) is 3.47. The van der Waals surface area contributed by atoms with Gasteiger partial charge in [0.05, 0.1) is 25.6 Å². The van der Waals surface area contributed by atoms with Gasteiger partial charge in [0.15, 0.2) is 17.4 Å². The summed E-state index contributed by atoms with van der Waals surface area (Å²) >= 11 is 0. The molecule has 1 aromatic carbocycles. The second-order valence-electron chi connectivity index (χ2n) is 5.46. The van der Waals surface area contributed by atoms with E-state index in [1.165, 1.54) is 12.1 Å². The van der Waals surface area contributed by atoms with E-state index in [0.29, 0.717) is 36.1 Å². The monoisotopic (exact) mass is 329 g/mol. The fourth-order valence-corrected chi connectivity index (χ4v) is 2.61. The minimum Gasteiger partial charge on any atom is -0.434 e. The number of aromatic nitrogens is 3. The maximum absolute atomic E-state index is 14.0. The molecule has 0 atom stereocenters. The van der Waals surface area contributed by atoms with Crippen LogP contribution in [0, 0.1) is 5.82 Å². The van der Waals surface area contributed by atoms with Crippen LogP contribution in [0.5, 0.6) is 11.6 Å². The molecule has 0 aliphatic carbocycles. The second kappa shape index (κ2) is 5.97. The van der Waals surface area contributed by atoms with Crippen molar-refractivity contribution in [3.63, 3.8) is 0 Å². The molecule has 1 aliphatic rings. The number of halogens is 1. The van der Waals surface area contributed by atoms with Crippen molar-refractivity contribution in [2.45, 2.75) is 0 Å². The molecule has 0 bridgehead atoms. The van der Waals surface area contributed by atoms with Gasteiger partial charge in [-0.3, -0.25) is 0 Å². The fourth-order valence-electron chi connectivity index (χ4n) is 2.61. The standard InChI is InChI=1S/C16H16FN5O2/c17-12-9-11(18)1-2-14(12)24-16-13-3-4-19-22(13)10-15(20-16)21-5-7-23-8-6-21/h1-4,9-10H,5-8,18H2. The molecule has 1 aliphatic heterocycles. The predicted octanol–water partition coefficient (Wildman–Crippen LogP) is 2.08. The number of hydrogen-bond acceptors (Lipinski definition) is 6. The number of nitrogens with zero attached hydrogens (tertiary/aromatic N) is 4. The van der Waals surface area contributed by atoms with Gasteiger partial charge in [0, 0.05) is 24.8 Å². The van der Waals surface area contributed by atoms with Crippen molar-refractivity contribution in [1.82, 2.24) is 14.6 Å². The second-order valence-corrected chi connectivity index (χ2v) is 5.46. The first-order chi connectivity index (χ1) is 11.7. The van der Waals surface area contributed by atoms with Crippen molar-refractivity contribution in [3.8, 4) is 11.6 Å². The minimum atomic E-state index is -0.536. The van der Waals surface area contributed by atoms with Crippen LogP contribution < -0.4 is 15.4 Å². The Morgan fingerprint density at radius 2 is 2.04 bits per heavy atom. The number of fused-ring (bicyclic) bond motifs is 1. The first-order valence-corrected chi connectivity index (χ1v) is 7.61. The number of ether oxygens (including phenoxy) is 2. The summed E-state index contributed by atoms with van der Waals surface area (Å²) in [6.45, 7) is 2.74. The third-order valence-electron chi connectivity index (χ3n) is 3.84. The van der Waals surface area contributed by atoms with Crippen molar-refractivity contribution in [2.75, 3.05) is 36.9 Å². The van der Waals surface area contributed by atoms with E-state index in [1.54, 1.807) is 22.8 Å². The number of nitrogens with two attached hydrogens (primary N) is 1. The van der Waals surface area contributed by atoms with Crippen molar-refractivity contribution in [1.29, 1.82) is 0 Å². The highest BCUT2D eigenvalue weighted by molar-refractivity contribution is 5.60. The quantitative estimate of drug-likeness (QED) is 0.741. The van der Waals surface area contributed by atoms with Gasteiger partial charge >= 0.3 is 0 Å². The number of morpholine rings is 1. The van der Waals surface area contributed by atoms with Crippen LogP contribution in [0.3, 0.4) is 0 Å². The van der Waals surface area contributed by atoms with E-state index in [2.05, 4.69) is 15.0 Å². The highest BCUT2D eigenvalue weighted by Gasteiger charge is 2.17. The first kappa shape index (κ1) is 14.7. The molecule has 0 saturated carbocycles. The van der Waals surface area contributed by atoms with Crippen molar-refractivity contribution >= 4 is 17.0 Å². The number of anilines is 2. The molecule has 0 amide bonds. The molecule has 0 spiro atoms. The molecule has 24 heavy (non-hydrogen) atoms. The lowest BCUT2D eigenvalue weighted by atomic mass is 10.3. The van der Waals surface area contributed by atoms with Gasteiger partial charge in [0.1, 0.15) is 5.52 Å². The van der Waals surface area contributed by atoms with Crippen LogP contribution in [0.25, 0.3) is 5.52 Å². The lowest BCUT2D eigenvalue weighted by molar-refractivity contribution is 0.122. The zero-order valence-electron chi connectivity index (χ0n) is 12.9. The molecule has 4 rings (SSSR count). The van der Waals surface area contributed by atoms with Gasteiger partial charge in [-0.2, -0.15) is 10.1 Å². The maximum Gasteiger partial charge on any atom is 0.247 e. The summed E-state index contributed by atoms with van der Waals surface area (Å²) in [7, 11) is 0. The van der Waals surface area contributed by atoms with E-state index in [9.17, 15) is 4.39 Å². The number of hydrogen-bond donors (Lipinski definition) is 1. The van der Waals surface area contributed by atoms with Gasteiger partial charge in [0.2, 0.25) is 5.88 Å². The van der Waals surface area contributed by atoms with Crippen LogP contribution in [0.1, 0.15) is 0 Å². The Kier molecular flexibility index (Phi) is 3.66. The van der Waals surface area contributed by atoms with E-state index in [1.807, 2.05) is 6.20 Å². The van der Waals surface area contributed by atoms with Crippen LogP contribution in [0.2, 0.25) is 0 Å². The molecule has 8 heteroatoms. The molecule has 1 fully saturated rings. The summed E-state index contributed by atoms with van der Waals surface area (Å²) in [4.78, 5) is 6.63. The summed E-state index contributed by atoms with van der Waals surface area (Å²) in [5.74, 6) is 0.533. The number of rotatable bonds is 3. The largest absolute Gasteiger partial charge is 0.434 e. The predicted molar refractivity (Wildman–Crippen MR) is 86.9 cm³/mol. The van der Waals surface area contributed by atoms with Crippen LogP contribution in [0.15, 0.2) is 36.7 Å². The molecule has 124 valence electrons. The Hall–Kier alpha value is -2.87. The molecule has 0 radical (unpaired) electrons. The molecule has 7 nitrogen and oxygen atoms in total. The molecule has 3 heterocycles. The van der Waals surface area contributed by atoms with Crippen molar-refractivity contribution in [2.24, 2.45) is 0 Å². The zero-order chi connectivity index (χ0) is 16.5. The summed E-state index contributed by atoms with van der Waals surface area (Å²) in [5, 5.41) is 4.24. The minimum absolute atomic E-state index is 0.0685. The lowest BCUT2D eigenvalue weighted by Crippen LogP contribution is -2.37. The Labute approximate surface area is 137 Å². The molecule has 1 saturated heterocycles. The van der Waals surface area contributed by atoms with Gasteiger partial charge in [-0.15, -0.1) is 0 Å². The first-order valence-electron chi connectivity index (χ1n) is 7.61. The van der Waals surface area contributed by atoms with E-state index in [0.717, 1.165) is 13.1 Å². The third-order valence-corrected chi connectivity index (χ3v) is 3.84. The highest BCUT2D eigenvalue weighted by Crippen LogP contribution is 2.29. The number of nitrogen functional groups attached to an aromatic ring is 1. The average molecular weight is 329 g/mol. The van der Waals surface area contributed by atoms with E-state index >= 15 is 0 Å². The highest BCUT2D eigenvalue weighted by atomic mass is 19.1. The lowest BCUT2D eigenvalue weighted by Gasteiger charge is -2.28. The van der Waals surface area contributed by atoms with Gasteiger partial charge < -0.3 is 20.1 Å². The third kappa shape index (κ3) is 2.71. The molecule has 0 unspecified atom stereocenters. The van der Waals surface area contributed by atoms with E-state index in [-0.39, 0.29) is 5.75 Å². The fraction of sp³-hybridized carbons (Fsp3) is 0.250. The zero-order valence-corrected chi connectivity index (χ0v) is 12.9. The number of benzene rings is 1. The van der Waals surface area contributed by atoms with Gasteiger partial charge in [0.25, 0.3) is 0 Å². The Morgan fingerprint density at radius 3 is 2.83 bits per heavy atom. The maximum atomic E-state index is 14.0. The Morgan fingerprint density at radius 1 is 1.21 bits per heavy atom. The van der Waals surface area contributed by atoms with Gasteiger partial charge in [-0.1, -0.05) is 0 Å². The van der Waals surface area contributed by atoms with Crippen molar-refractivity contribution < 1.29 is 13.9 Å². The van der Waals surface area contributed by atoms with Gasteiger partial charge in [-0.05, 0) is 18.2 Å². The molecule has 2 N–H and O–H groups in total. The van der Waals surface area contributed by atoms with Crippen LogP contribution in [0.4, 0.5) is 15.9 Å². The van der Waals surface area contributed by atoms with Crippen LogP contribution in [-0.4, -0.2) is 40.9 Å². The molecule has 3 aromatic rings. The van der Waals surface area contributed by atoms with Gasteiger partial charge in [-0.25, -0.2) is 8.91 Å². The van der Waals surface area contributed by atoms with Crippen molar-refractivity contribution in [3.05, 3.63) is 42.5 Å². The summed E-state index contributed by atoms with van der Waals surface area (Å²) in [6, 6.07) is 6.05. The summed E-state index contributed by atoms with van der Waals surface area (Å²) < 4.78 is 26.8. The SMILES string of the molecule is Nc1ccc(Oc2nc(N3CCOCC3)cn3nccc23)c(F)c1. The summed E-state index contributed by atoms with van der Waals surface area (Å²) in [5.41, 5.74) is 6.57. The van der Waals surface area contributed by atoms with E-state index in [4.69, 9.17) is 15.2 Å². The Bertz CT molecular complexity index is 876. The van der Waals surface area contributed by atoms with E-state index < -0.39 is 5.82 Å². The Balaban J connectivity index is 1.74. The topological polar surface area (TPSA) is 77.9 Å². The molecule has 2 aromatic heterocycles. The smallest absolute Gasteiger partial charge is 0.247 e. The van der Waals surface area contributed by atoms with Crippen LogP contribution in [-0.2, 0) is 4.74 Å². The average Bonchev–Trinajstić information content (AvgIpc) is 3.07. The normalized spacial score (nSPS) is 15.0. The molecular formula is C16H16FN5O2.